The first kappa shape index (κ1) is 9.38. The maximum absolute atomic E-state index is 9.06. The molecule has 1 fully saturated rings. The van der Waals surface area contributed by atoms with Gasteiger partial charge in [0.05, 0.1) is 6.07 Å². The molecule has 0 aliphatic carbocycles. The predicted molar refractivity (Wildman–Crippen MR) is 34.5 cm³/mol. The number of ether oxygens (including phenoxy) is 1. The van der Waals surface area contributed by atoms with E-state index in [2.05, 4.69) is 4.74 Å². The molecule has 0 amide bonds. The number of nitrogens with zero attached hydrogens (tertiary/aromatic N) is 1. The highest BCUT2D eigenvalue weighted by Crippen LogP contribution is 2.18. The van der Waals surface area contributed by atoms with Crippen molar-refractivity contribution in [3.05, 3.63) is 0 Å². The van der Waals surface area contributed by atoms with Crippen LogP contribution in [-0.4, -0.2) is 51.1 Å². The minimum Gasteiger partial charge on any atom is -0.387 e. The van der Waals surface area contributed by atoms with Gasteiger partial charge in [0, 0.05) is 0 Å². The van der Waals surface area contributed by atoms with Crippen LogP contribution in [-0.2, 0) is 4.74 Å². The van der Waals surface area contributed by atoms with E-state index in [0.29, 0.717) is 0 Å². The lowest BCUT2D eigenvalue weighted by atomic mass is 10.00. The molecule has 12 heavy (non-hydrogen) atoms. The summed E-state index contributed by atoms with van der Waals surface area (Å²) in [6.45, 7) is 0. The van der Waals surface area contributed by atoms with Gasteiger partial charge in [0.2, 0.25) is 0 Å². The molecule has 0 aromatic rings. The first-order valence-electron chi connectivity index (χ1n) is 3.35. The van der Waals surface area contributed by atoms with Gasteiger partial charge < -0.3 is 25.2 Å². The van der Waals surface area contributed by atoms with Gasteiger partial charge >= 0.3 is 0 Å². The van der Waals surface area contributed by atoms with Crippen LogP contribution in [0, 0.1) is 11.3 Å². The third kappa shape index (κ3) is 1.41. The van der Waals surface area contributed by atoms with Gasteiger partial charge in [-0.15, -0.1) is 0 Å². The summed E-state index contributed by atoms with van der Waals surface area (Å²) in [5, 5.41) is 44.2. The zero-order chi connectivity index (χ0) is 9.30. The van der Waals surface area contributed by atoms with E-state index >= 15 is 0 Å². The van der Waals surface area contributed by atoms with E-state index in [1.54, 1.807) is 0 Å². The standard InChI is InChI=1S/C6H9NO5/c7-1-2-3(8)4(9)5(10)6(11)12-2/h2-6,8-11H/t2-,3-,4+,5-,6-/m1/s1. The van der Waals surface area contributed by atoms with Crippen molar-refractivity contribution in [2.24, 2.45) is 0 Å². The molecule has 0 aromatic carbocycles. The SMILES string of the molecule is N#C[C@H]1O[C@@H](O)[C@H](O)[C@@H](O)[C@@H]1O. The molecule has 0 unspecified atom stereocenters. The van der Waals surface area contributed by atoms with Crippen LogP contribution in [0.15, 0.2) is 0 Å². The molecule has 5 atom stereocenters. The second kappa shape index (κ2) is 3.35. The van der Waals surface area contributed by atoms with Crippen LogP contribution in [0.25, 0.3) is 0 Å². The predicted octanol–water partition coefficient (Wildman–Crippen LogP) is -2.69. The van der Waals surface area contributed by atoms with Crippen LogP contribution in [0.1, 0.15) is 0 Å². The topological polar surface area (TPSA) is 114 Å². The molecular formula is C6H9NO5. The lowest BCUT2D eigenvalue weighted by Gasteiger charge is -2.35. The Morgan fingerprint density at radius 3 is 2.08 bits per heavy atom. The Balaban J connectivity index is 2.72. The molecule has 0 radical (unpaired) electrons. The highest BCUT2D eigenvalue weighted by molar-refractivity contribution is 4.99. The summed E-state index contributed by atoms with van der Waals surface area (Å²) in [6, 6.07) is 1.53. The summed E-state index contributed by atoms with van der Waals surface area (Å²) >= 11 is 0. The molecule has 0 spiro atoms. The third-order valence-corrected chi connectivity index (χ3v) is 1.72. The van der Waals surface area contributed by atoms with Crippen molar-refractivity contribution in [3.63, 3.8) is 0 Å². The van der Waals surface area contributed by atoms with Gasteiger partial charge in [0.25, 0.3) is 0 Å². The van der Waals surface area contributed by atoms with Crippen molar-refractivity contribution in [1.82, 2.24) is 0 Å². The number of rotatable bonds is 0. The summed E-state index contributed by atoms with van der Waals surface area (Å²) in [5.41, 5.74) is 0. The molecule has 1 aliphatic heterocycles. The fourth-order valence-electron chi connectivity index (χ4n) is 0.968. The summed E-state index contributed by atoms with van der Waals surface area (Å²) in [5.74, 6) is 0. The van der Waals surface area contributed by atoms with Crippen LogP contribution in [0.5, 0.6) is 0 Å². The van der Waals surface area contributed by atoms with Crippen molar-refractivity contribution in [3.8, 4) is 6.07 Å². The minimum absolute atomic E-state index is 1.31. The van der Waals surface area contributed by atoms with Crippen LogP contribution in [0.4, 0.5) is 0 Å². The largest absolute Gasteiger partial charge is 0.387 e. The molecule has 68 valence electrons. The lowest BCUT2D eigenvalue weighted by Crippen LogP contribution is -2.56. The highest BCUT2D eigenvalue weighted by Gasteiger charge is 2.42. The number of hydrogen-bond donors (Lipinski definition) is 4. The number of hydrogen-bond acceptors (Lipinski definition) is 6. The quantitative estimate of drug-likeness (QED) is 0.319. The average Bonchev–Trinajstić information content (AvgIpc) is 2.08. The van der Waals surface area contributed by atoms with E-state index in [0.717, 1.165) is 0 Å². The van der Waals surface area contributed by atoms with Gasteiger partial charge in [-0.3, -0.25) is 0 Å². The van der Waals surface area contributed by atoms with Gasteiger partial charge in [0.15, 0.2) is 12.4 Å². The maximum atomic E-state index is 9.06. The summed E-state index contributed by atoms with van der Waals surface area (Å²) in [4.78, 5) is 0. The van der Waals surface area contributed by atoms with Crippen LogP contribution < -0.4 is 0 Å². The molecule has 1 heterocycles. The fraction of sp³-hybridized carbons (Fsp3) is 0.833. The van der Waals surface area contributed by atoms with Gasteiger partial charge in [0.1, 0.15) is 18.3 Å². The Hall–Kier alpha value is -0.710. The molecule has 1 aliphatic rings. The van der Waals surface area contributed by atoms with Crippen molar-refractivity contribution in [1.29, 1.82) is 5.26 Å². The molecular weight excluding hydrogens is 166 g/mol. The van der Waals surface area contributed by atoms with Crippen LogP contribution >= 0.6 is 0 Å². The third-order valence-electron chi connectivity index (χ3n) is 1.72. The van der Waals surface area contributed by atoms with Crippen molar-refractivity contribution in [2.75, 3.05) is 0 Å². The molecule has 0 bridgehead atoms. The van der Waals surface area contributed by atoms with Crippen molar-refractivity contribution >= 4 is 0 Å². The molecule has 6 nitrogen and oxygen atoms in total. The van der Waals surface area contributed by atoms with Gasteiger partial charge in [-0.25, -0.2) is 0 Å². The van der Waals surface area contributed by atoms with Gasteiger partial charge in [-0.05, 0) is 0 Å². The normalized spacial score (nSPS) is 48.4. The van der Waals surface area contributed by atoms with E-state index in [-0.39, 0.29) is 0 Å². The zero-order valence-corrected chi connectivity index (χ0v) is 6.03. The Morgan fingerprint density at radius 1 is 1.00 bits per heavy atom. The Labute approximate surface area is 68.2 Å². The zero-order valence-electron chi connectivity index (χ0n) is 6.03. The van der Waals surface area contributed by atoms with Crippen molar-refractivity contribution < 1.29 is 25.2 Å². The van der Waals surface area contributed by atoms with E-state index in [4.69, 9.17) is 25.7 Å². The second-order valence-electron chi connectivity index (χ2n) is 2.55. The van der Waals surface area contributed by atoms with Crippen LogP contribution in [0.3, 0.4) is 0 Å². The number of aliphatic hydroxyl groups is 4. The highest BCUT2D eigenvalue weighted by atomic mass is 16.6. The van der Waals surface area contributed by atoms with E-state index in [1.165, 1.54) is 6.07 Å². The number of aliphatic hydroxyl groups excluding tert-OH is 4. The smallest absolute Gasteiger partial charge is 0.185 e. The summed E-state index contributed by atoms with van der Waals surface area (Å²) < 4.78 is 4.46. The first-order valence-corrected chi connectivity index (χ1v) is 3.35. The Kier molecular flexibility index (Phi) is 2.62. The molecule has 6 heteroatoms. The minimum atomic E-state index is -1.63. The monoisotopic (exact) mass is 175 g/mol. The van der Waals surface area contributed by atoms with Crippen LogP contribution in [0.2, 0.25) is 0 Å². The van der Waals surface area contributed by atoms with Gasteiger partial charge in [-0.2, -0.15) is 5.26 Å². The summed E-state index contributed by atoms with van der Waals surface area (Å²) in [6.07, 6.45) is -7.57. The average molecular weight is 175 g/mol. The fourth-order valence-corrected chi connectivity index (χ4v) is 0.968. The Bertz CT molecular complexity index is 203. The number of nitriles is 1. The first-order chi connectivity index (χ1) is 5.57. The molecule has 4 N–H and O–H groups in total. The summed E-state index contributed by atoms with van der Waals surface area (Å²) in [7, 11) is 0. The maximum Gasteiger partial charge on any atom is 0.185 e. The lowest BCUT2D eigenvalue weighted by molar-refractivity contribution is -0.269. The molecule has 0 aromatic heterocycles. The van der Waals surface area contributed by atoms with E-state index < -0.39 is 30.7 Å². The van der Waals surface area contributed by atoms with E-state index in [9.17, 15) is 0 Å². The van der Waals surface area contributed by atoms with Gasteiger partial charge in [-0.1, -0.05) is 0 Å². The van der Waals surface area contributed by atoms with E-state index in [1.807, 2.05) is 0 Å². The van der Waals surface area contributed by atoms with Crippen molar-refractivity contribution in [2.45, 2.75) is 30.7 Å². The Morgan fingerprint density at radius 2 is 1.58 bits per heavy atom. The second-order valence-corrected chi connectivity index (χ2v) is 2.55. The molecule has 1 saturated heterocycles. The molecule has 0 saturated carbocycles. The molecule has 1 rings (SSSR count).